The van der Waals surface area contributed by atoms with Gasteiger partial charge in [0.2, 0.25) is 0 Å². The molecule has 0 saturated carbocycles. The van der Waals surface area contributed by atoms with Crippen LogP contribution in [0.1, 0.15) is 15.9 Å². The third-order valence-electron chi connectivity index (χ3n) is 2.60. The lowest BCUT2D eigenvalue weighted by Gasteiger charge is -2.07. The van der Waals surface area contributed by atoms with Gasteiger partial charge in [0, 0.05) is 15.9 Å². The lowest BCUT2D eigenvalue weighted by atomic mass is 10.0. The second-order valence-corrected chi connectivity index (χ2v) is 5.19. The number of Topliss-reactive ketones (excluding diaryl/α,β-unsaturated/α-hetero) is 1. The summed E-state index contributed by atoms with van der Waals surface area (Å²) in [5, 5.41) is 0.280. The molecule has 0 heterocycles. The van der Waals surface area contributed by atoms with Crippen LogP contribution in [0.2, 0.25) is 5.02 Å². The summed E-state index contributed by atoms with van der Waals surface area (Å²) in [7, 11) is 0. The fourth-order valence-corrected chi connectivity index (χ4v) is 2.45. The van der Waals surface area contributed by atoms with Crippen LogP contribution < -0.4 is 0 Å². The maximum Gasteiger partial charge on any atom is 0.171 e. The lowest BCUT2D eigenvalue weighted by molar-refractivity contribution is 0.0988. The first-order chi connectivity index (χ1) is 8.99. The zero-order valence-electron chi connectivity index (χ0n) is 9.59. The predicted octanol–water partition coefficient (Wildman–Crippen LogP) is 4.81. The summed E-state index contributed by atoms with van der Waals surface area (Å²) in [6.07, 6.45) is -0.157. The Bertz CT molecular complexity index is 623. The van der Waals surface area contributed by atoms with Crippen molar-refractivity contribution in [2.24, 2.45) is 0 Å². The molecule has 0 atom stereocenters. The first-order valence-corrected chi connectivity index (χ1v) is 6.57. The highest BCUT2D eigenvalue weighted by Gasteiger charge is 2.17. The van der Waals surface area contributed by atoms with E-state index in [2.05, 4.69) is 15.9 Å². The van der Waals surface area contributed by atoms with Gasteiger partial charge in [-0.2, -0.15) is 0 Å². The van der Waals surface area contributed by atoms with E-state index in [1.54, 1.807) is 6.07 Å². The third kappa shape index (κ3) is 3.19. The van der Waals surface area contributed by atoms with Crippen LogP contribution in [0.15, 0.2) is 40.9 Å². The van der Waals surface area contributed by atoms with Crippen molar-refractivity contribution in [1.29, 1.82) is 0 Å². The number of hydrogen-bond donors (Lipinski definition) is 0. The van der Waals surface area contributed by atoms with Gasteiger partial charge >= 0.3 is 0 Å². The Morgan fingerprint density at radius 1 is 1.21 bits per heavy atom. The molecule has 0 bridgehead atoms. The Morgan fingerprint density at radius 3 is 2.63 bits per heavy atom. The van der Waals surface area contributed by atoms with E-state index >= 15 is 0 Å². The van der Waals surface area contributed by atoms with E-state index < -0.39 is 17.4 Å². The van der Waals surface area contributed by atoms with E-state index in [1.165, 1.54) is 30.3 Å². The largest absolute Gasteiger partial charge is 0.294 e. The van der Waals surface area contributed by atoms with Crippen molar-refractivity contribution >= 4 is 33.3 Å². The quantitative estimate of drug-likeness (QED) is 0.730. The molecule has 2 aromatic carbocycles. The summed E-state index contributed by atoms with van der Waals surface area (Å²) in [5.41, 5.74) is 0.282. The summed E-state index contributed by atoms with van der Waals surface area (Å²) in [4.78, 5) is 12.1. The molecule has 19 heavy (non-hydrogen) atoms. The summed E-state index contributed by atoms with van der Waals surface area (Å²) in [6.45, 7) is 0. The molecule has 2 aromatic rings. The molecule has 0 radical (unpaired) electrons. The zero-order chi connectivity index (χ0) is 14.0. The maximum atomic E-state index is 13.6. The van der Waals surface area contributed by atoms with Crippen LogP contribution in [0.3, 0.4) is 0 Å². The molecule has 0 aliphatic carbocycles. The second-order valence-electron chi connectivity index (χ2n) is 3.93. The molecular formula is C14H8BrClF2O. The molecule has 1 nitrogen and oxygen atoms in total. The van der Waals surface area contributed by atoms with Gasteiger partial charge in [0.1, 0.15) is 11.6 Å². The number of carbonyl (C=O) groups excluding carboxylic acids is 1. The maximum absolute atomic E-state index is 13.6. The van der Waals surface area contributed by atoms with Crippen molar-refractivity contribution < 1.29 is 13.6 Å². The topological polar surface area (TPSA) is 17.1 Å². The standard InChI is InChI=1S/C14H8BrClF2O/c15-10-2-1-3-12(18)14(10)13(19)7-8-6-9(17)4-5-11(8)16/h1-6H,7H2. The minimum absolute atomic E-state index is 0.0529. The van der Waals surface area contributed by atoms with Gasteiger partial charge in [-0.05, 0) is 51.8 Å². The summed E-state index contributed by atoms with van der Waals surface area (Å²) >= 11 is 9.01. The normalized spacial score (nSPS) is 10.5. The highest BCUT2D eigenvalue weighted by molar-refractivity contribution is 9.10. The van der Waals surface area contributed by atoms with Gasteiger partial charge in [0.15, 0.2) is 5.78 Å². The van der Waals surface area contributed by atoms with Gasteiger partial charge in [0.05, 0.1) is 5.56 Å². The predicted molar refractivity (Wildman–Crippen MR) is 73.5 cm³/mol. The first-order valence-electron chi connectivity index (χ1n) is 5.40. The molecule has 0 N–H and O–H groups in total. The molecule has 0 spiro atoms. The molecule has 0 aliphatic heterocycles. The number of hydrogen-bond acceptors (Lipinski definition) is 1. The Kier molecular flexibility index (Phi) is 4.32. The van der Waals surface area contributed by atoms with Crippen LogP contribution in [-0.4, -0.2) is 5.78 Å². The average Bonchev–Trinajstić information content (AvgIpc) is 2.33. The number of halogens is 4. The van der Waals surface area contributed by atoms with Crippen molar-refractivity contribution in [2.45, 2.75) is 6.42 Å². The molecule has 0 unspecified atom stereocenters. The smallest absolute Gasteiger partial charge is 0.171 e. The Morgan fingerprint density at radius 2 is 1.95 bits per heavy atom. The van der Waals surface area contributed by atoms with Gasteiger partial charge in [-0.1, -0.05) is 17.7 Å². The molecule has 0 amide bonds. The van der Waals surface area contributed by atoms with Gasteiger partial charge < -0.3 is 0 Å². The van der Waals surface area contributed by atoms with E-state index in [0.29, 0.717) is 10.0 Å². The molecular weight excluding hydrogens is 338 g/mol. The molecule has 0 aromatic heterocycles. The lowest BCUT2D eigenvalue weighted by Crippen LogP contribution is -2.08. The van der Waals surface area contributed by atoms with E-state index in [9.17, 15) is 13.6 Å². The van der Waals surface area contributed by atoms with Gasteiger partial charge in [-0.3, -0.25) is 4.79 Å². The number of ketones is 1. The average molecular weight is 346 g/mol. The fraction of sp³-hybridized carbons (Fsp3) is 0.0714. The van der Waals surface area contributed by atoms with Crippen molar-refractivity contribution in [1.82, 2.24) is 0 Å². The van der Waals surface area contributed by atoms with Crippen molar-refractivity contribution in [3.63, 3.8) is 0 Å². The molecule has 0 aliphatic rings. The van der Waals surface area contributed by atoms with E-state index in [-0.39, 0.29) is 17.0 Å². The van der Waals surface area contributed by atoms with Crippen LogP contribution in [0.4, 0.5) is 8.78 Å². The monoisotopic (exact) mass is 344 g/mol. The molecule has 2 rings (SSSR count). The number of rotatable bonds is 3. The van der Waals surface area contributed by atoms with Crippen molar-refractivity contribution in [3.05, 3.63) is 68.7 Å². The summed E-state index contributed by atoms with van der Waals surface area (Å²) in [5.74, 6) is -1.57. The Hall–Kier alpha value is -1.26. The van der Waals surface area contributed by atoms with Gasteiger partial charge in [0.25, 0.3) is 0 Å². The minimum Gasteiger partial charge on any atom is -0.294 e. The van der Waals surface area contributed by atoms with Crippen LogP contribution >= 0.6 is 27.5 Å². The van der Waals surface area contributed by atoms with Crippen LogP contribution in [0.25, 0.3) is 0 Å². The zero-order valence-corrected chi connectivity index (χ0v) is 11.9. The SMILES string of the molecule is O=C(Cc1cc(F)ccc1Cl)c1c(F)cccc1Br. The van der Waals surface area contributed by atoms with Crippen LogP contribution in [-0.2, 0) is 6.42 Å². The molecule has 5 heteroatoms. The highest BCUT2D eigenvalue weighted by atomic mass is 79.9. The Labute approximate surface area is 122 Å². The van der Waals surface area contributed by atoms with Crippen LogP contribution in [0.5, 0.6) is 0 Å². The van der Waals surface area contributed by atoms with E-state index in [4.69, 9.17) is 11.6 Å². The van der Waals surface area contributed by atoms with E-state index in [1.807, 2.05) is 0 Å². The van der Waals surface area contributed by atoms with Gasteiger partial charge in [-0.15, -0.1) is 0 Å². The second kappa shape index (κ2) is 5.80. The fourth-order valence-electron chi connectivity index (χ4n) is 1.70. The number of carbonyl (C=O) groups is 1. The molecule has 0 saturated heterocycles. The van der Waals surface area contributed by atoms with E-state index in [0.717, 1.165) is 0 Å². The van der Waals surface area contributed by atoms with Crippen molar-refractivity contribution in [2.75, 3.05) is 0 Å². The molecule has 0 fully saturated rings. The van der Waals surface area contributed by atoms with Gasteiger partial charge in [-0.25, -0.2) is 8.78 Å². The highest BCUT2D eigenvalue weighted by Crippen LogP contribution is 2.24. The van der Waals surface area contributed by atoms with Crippen LogP contribution in [0, 0.1) is 11.6 Å². The third-order valence-corrected chi connectivity index (χ3v) is 3.63. The molecule has 98 valence electrons. The number of benzene rings is 2. The first kappa shape index (κ1) is 14.2. The summed E-state index contributed by atoms with van der Waals surface area (Å²) in [6, 6.07) is 8.01. The minimum atomic E-state index is -0.619. The summed E-state index contributed by atoms with van der Waals surface area (Å²) < 4.78 is 27.1. The van der Waals surface area contributed by atoms with Crippen molar-refractivity contribution in [3.8, 4) is 0 Å². The Balaban J connectivity index is 2.34.